The quantitative estimate of drug-likeness (QED) is 0.639. The molecule has 3 rings (SSSR count). The van der Waals surface area contributed by atoms with Crippen molar-refractivity contribution in [1.29, 1.82) is 0 Å². The maximum absolute atomic E-state index is 12.8. The average Bonchev–Trinajstić information content (AvgIpc) is 2.69. The molecule has 0 unspecified atom stereocenters. The first-order valence-corrected chi connectivity index (χ1v) is 10.3. The molecule has 156 valence electrons. The molecule has 1 aliphatic carbocycles. The molecule has 1 aliphatic heterocycles. The first-order valence-electron chi connectivity index (χ1n) is 9.53. The number of halogens is 1. The Balaban J connectivity index is 2.23. The molecule has 0 bridgehead atoms. The minimum Gasteiger partial charge on any atom is -0.490 e. The minimum absolute atomic E-state index is 0.0433. The number of ketones is 1. The van der Waals surface area contributed by atoms with E-state index in [-0.39, 0.29) is 17.2 Å². The molecule has 0 saturated carbocycles. The van der Waals surface area contributed by atoms with Crippen LogP contribution in [0.2, 0.25) is 0 Å². The number of Topliss-reactive ketones (excluding diaryl/α,β-unsaturated/α-hetero) is 1. The third kappa shape index (κ3) is 3.99. The lowest BCUT2D eigenvalue weighted by Gasteiger charge is -2.32. The van der Waals surface area contributed by atoms with E-state index in [1.165, 1.54) is 7.11 Å². The van der Waals surface area contributed by atoms with Gasteiger partial charge >= 0.3 is 5.97 Å². The van der Waals surface area contributed by atoms with Gasteiger partial charge in [-0.3, -0.25) is 4.79 Å². The van der Waals surface area contributed by atoms with Gasteiger partial charge in [0, 0.05) is 18.4 Å². The van der Waals surface area contributed by atoms with Crippen LogP contribution in [-0.4, -0.2) is 32.1 Å². The molecule has 0 spiro atoms. The van der Waals surface area contributed by atoms with Crippen molar-refractivity contribution in [2.24, 2.45) is 5.73 Å². The van der Waals surface area contributed by atoms with Crippen molar-refractivity contribution in [3.05, 3.63) is 45.0 Å². The van der Waals surface area contributed by atoms with E-state index < -0.39 is 11.9 Å². The summed E-state index contributed by atoms with van der Waals surface area (Å²) in [5.41, 5.74) is 7.32. The molecule has 29 heavy (non-hydrogen) atoms. The Morgan fingerprint density at radius 2 is 1.97 bits per heavy atom. The molecule has 0 radical (unpaired) electrons. The van der Waals surface area contributed by atoms with E-state index in [4.69, 9.17) is 24.7 Å². The number of nitrogens with two attached hydrogens (primary N) is 1. The van der Waals surface area contributed by atoms with Crippen LogP contribution in [0.25, 0.3) is 0 Å². The normalized spacial score (nSPS) is 18.9. The van der Waals surface area contributed by atoms with Crippen LogP contribution >= 0.6 is 15.9 Å². The summed E-state index contributed by atoms with van der Waals surface area (Å²) in [4.78, 5) is 25.4. The zero-order valence-corrected chi connectivity index (χ0v) is 18.3. The summed E-state index contributed by atoms with van der Waals surface area (Å²) in [7, 11) is 1.27. The highest BCUT2D eigenvalue weighted by Crippen LogP contribution is 2.47. The van der Waals surface area contributed by atoms with Crippen molar-refractivity contribution >= 4 is 27.7 Å². The molecule has 0 saturated heterocycles. The van der Waals surface area contributed by atoms with Crippen LogP contribution in [0.4, 0.5) is 0 Å². The molecule has 7 nitrogen and oxygen atoms in total. The number of methoxy groups -OCH3 is 1. The highest BCUT2D eigenvalue weighted by Gasteiger charge is 2.41. The fraction of sp³-hybridized carbons (Fsp3) is 0.429. The lowest BCUT2D eigenvalue weighted by molar-refractivity contribution is -0.136. The first kappa shape index (κ1) is 21.2. The summed E-state index contributed by atoms with van der Waals surface area (Å²) in [5.74, 6) is 0.139. The molecule has 8 heteroatoms. The van der Waals surface area contributed by atoms with Crippen LogP contribution in [0.1, 0.15) is 44.6 Å². The van der Waals surface area contributed by atoms with Crippen molar-refractivity contribution in [2.45, 2.75) is 39.0 Å². The smallest absolute Gasteiger partial charge is 0.340 e. The SMILES string of the molecule is CCOc1cc([C@@H]2C(C(=O)OC)=C(N)OC3=C2C(=O)CCC3)cc(Br)c1OCC. The number of hydrogen-bond acceptors (Lipinski definition) is 7. The van der Waals surface area contributed by atoms with Crippen molar-refractivity contribution in [3.63, 3.8) is 0 Å². The Morgan fingerprint density at radius 1 is 1.24 bits per heavy atom. The van der Waals surface area contributed by atoms with Gasteiger partial charge in [-0.15, -0.1) is 0 Å². The minimum atomic E-state index is -0.704. The second-order valence-corrected chi connectivity index (χ2v) is 7.47. The third-order valence-electron chi connectivity index (χ3n) is 4.84. The van der Waals surface area contributed by atoms with E-state index in [9.17, 15) is 9.59 Å². The van der Waals surface area contributed by atoms with E-state index in [1.807, 2.05) is 19.9 Å². The fourth-order valence-corrected chi connectivity index (χ4v) is 4.27. The Morgan fingerprint density at radius 3 is 2.62 bits per heavy atom. The number of ether oxygens (including phenoxy) is 4. The predicted octanol–water partition coefficient (Wildman–Crippen LogP) is 3.71. The number of rotatable bonds is 6. The zero-order chi connectivity index (χ0) is 21.1. The molecule has 2 aliphatic rings. The lowest BCUT2D eigenvalue weighted by atomic mass is 9.77. The highest BCUT2D eigenvalue weighted by molar-refractivity contribution is 9.10. The van der Waals surface area contributed by atoms with Crippen molar-refractivity contribution < 1.29 is 28.5 Å². The van der Waals surface area contributed by atoms with Crippen LogP contribution in [0, 0.1) is 0 Å². The van der Waals surface area contributed by atoms with Gasteiger partial charge in [0.2, 0.25) is 5.88 Å². The molecule has 1 aromatic rings. The summed E-state index contributed by atoms with van der Waals surface area (Å²) >= 11 is 3.53. The number of allylic oxidation sites excluding steroid dienone is 2. The van der Waals surface area contributed by atoms with E-state index in [1.54, 1.807) is 6.07 Å². The first-order chi connectivity index (χ1) is 13.9. The number of esters is 1. The predicted molar refractivity (Wildman–Crippen MR) is 109 cm³/mol. The fourth-order valence-electron chi connectivity index (χ4n) is 3.70. The van der Waals surface area contributed by atoms with Gasteiger partial charge in [-0.1, -0.05) is 0 Å². The Labute approximate surface area is 177 Å². The molecular weight excluding hydrogens is 442 g/mol. The number of hydrogen-bond donors (Lipinski definition) is 1. The standard InChI is InChI=1S/C21H24BrNO6/c1-4-27-15-10-11(9-12(22)19(15)28-5-2)16-17-13(24)7-6-8-14(17)29-20(23)18(16)21(25)26-3/h9-10,16H,4-8,23H2,1-3H3/t16-/m0/s1. The largest absolute Gasteiger partial charge is 0.490 e. The molecule has 1 atom stereocenters. The number of carbonyl (C=O) groups excluding carboxylic acids is 2. The van der Waals surface area contributed by atoms with Gasteiger partial charge in [0.05, 0.1) is 30.7 Å². The topological polar surface area (TPSA) is 97.1 Å². The second-order valence-electron chi connectivity index (χ2n) is 6.61. The summed E-state index contributed by atoms with van der Waals surface area (Å²) in [6.45, 7) is 4.64. The maximum atomic E-state index is 12.8. The summed E-state index contributed by atoms with van der Waals surface area (Å²) in [6.07, 6.45) is 1.66. The number of benzene rings is 1. The van der Waals surface area contributed by atoms with Gasteiger partial charge in [-0.25, -0.2) is 4.79 Å². The van der Waals surface area contributed by atoms with Crippen molar-refractivity contribution in [1.82, 2.24) is 0 Å². The van der Waals surface area contributed by atoms with E-state index in [0.29, 0.717) is 65.3 Å². The molecular formula is C21H24BrNO6. The Bertz CT molecular complexity index is 905. The van der Waals surface area contributed by atoms with Crippen LogP contribution in [-0.2, 0) is 19.1 Å². The van der Waals surface area contributed by atoms with Crippen LogP contribution in [0.3, 0.4) is 0 Å². The second kappa shape index (κ2) is 8.90. The lowest BCUT2D eigenvalue weighted by Crippen LogP contribution is -2.31. The van der Waals surface area contributed by atoms with Gasteiger partial charge < -0.3 is 24.7 Å². The van der Waals surface area contributed by atoms with E-state index in [0.717, 1.165) is 0 Å². The summed E-state index contributed by atoms with van der Waals surface area (Å²) in [6, 6.07) is 3.59. The highest BCUT2D eigenvalue weighted by atomic mass is 79.9. The van der Waals surface area contributed by atoms with Crippen LogP contribution in [0.15, 0.2) is 39.4 Å². The maximum Gasteiger partial charge on any atom is 0.340 e. The van der Waals surface area contributed by atoms with Crippen LogP contribution in [0.5, 0.6) is 11.5 Å². The monoisotopic (exact) mass is 465 g/mol. The van der Waals surface area contributed by atoms with E-state index in [2.05, 4.69) is 15.9 Å². The van der Waals surface area contributed by atoms with Crippen molar-refractivity contribution in [3.8, 4) is 11.5 Å². The van der Waals surface area contributed by atoms with Gasteiger partial charge in [0.1, 0.15) is 11.3 Å². The molecule has 0 aromatic heterocycles. The summed E-state index contributed by atoms with van der Waals surface area (Å²) < 4.78 is 22.7. The Kier molecular flexibility index (Phi) is 6.52. The van der Waals surface area contributed by atoms with Gasteiger partial charge in [-0.05, 0) is 53.9 Å². The van der Waals surface area contributed by atoms with Gasteiger partial charge in [0.25, 0.3) is 0 Å². The van der Waals surface area contributed by atoms with Gasteiger partial charge in [0.15, 0.2) is 17.3 Å². The van der Waals surface area contributed by atoms with Gasteiger partial charge in [-0.2, -0.15) is 0 Å². The zero-order valence-electron chi connectivity index (χ0n) is 16.7. The molecule has 0 fully saturated rings. The Hall–Kier alpha value is -2.48. The van der Waals surface area contributed by atoms with E-state index >= 15 is 0 Å². The van der Waals surface area contributed by atoms with Crippen molar-refractivity contribution in [2.75, 3.05) is 20.3 Å². The summed E-state index contributed by atoms with van der Waals surface area (Å²) in [5, 5.41) is 0. The molecule has 1 heterocycles. The number of carbonyl (C=O) groups is 2. The molecule has 0 amide bonds. The third-order valence-corrected chi connectivity index (χ3v) is 5.43. The van der Waals surface area contributed by atoms with Crippen LogP contribution < -0.4 is 15.2 Å². The molecule has 1 aromatic carbocycles. The average molecular weight is 466 g/mol. The molecule has 2 N–H and O–H groups in total.